The highest BCUT2D eigenvalue weighted by Gasteiger charge is 2.23. The highest BCUT2D eigenvalue weighted by Crippen LogP contribution is 2.22. The molecule has 4 heteroatoms. The summed E-state index contributed by atoms with van der Waals surface area (Å²) < 4.78 is 10.6. The van der Waals surface area contributed by atoms with Crippen molar-refractivity contribution in [2.24, 2.45) is 5.92 Å². The smallest absolute Gasteiger partial charge is 0.212 e. The van der Waals surface area contributed by atoms with E-state index in [1.165, 1.54) is 12.0 Å². The summed E-state index contributed by atoms with van der Waals surface area (Å²) in [4.78, 5) is 4.30. The Morgan fingerprint density at radius 3 is 2.80 bits per heavy atom. The summed E-state index contributed by atoms with van der Waals surface area (Å²) in [6.07, 6.45) is 6.44. The molecule has 1 saturated heterocycles. The van der Waals surface area contributed by atoms with Crippen LogP contribution in [0, 0.1) is 5.92 Å². The third-order valence-electron chi connectivity index (χ3n) is 3.95. The van der Waals surface area contributed by atoms with E-state index in [1.54, 1.807) is 7.11 Å². The second-order valence-electron chi connectivity index (χ2n) is 5.42. The van der Waals surface area contributed by atoms with E-state index in [1.807, 2.05) is 12.3 Å². The zero-order valence-corrected chi connectivity index (χ0v) is 12.6. The van der Waals surface area contributed by atoms with Gasteiger partial charge in [-0.25, -0.2) is 4.98 Å². The molecular formula is C16H26N2O2. The number of nitrogens with zero attached hydrogens (tertiary/aromatic N) is 1. The maximum atomic E-state index is 5.48. The molecule has 0 amide bonds. The van der Waals surface area contributed by atoms with Gasteiger partial charge in [-0.1, -0.05) is 13.0 Å². The van der Waals surface area contributed by atoms with Gasteiger partial charge in [0.2, 0.25) is 5.88 Å². The van der Waals surface area contributed by atoms with Crippen LogP contribution in [0.3, 0.4) is 0 Å². The number of pyridine rings is 1. The van der Waals surface area contributed by atoms with Gasteiger partial charge in [0.05, 0.1) is 7.11 Å². The van der Waals surface area contributed by atoms with Crippen LogP contribution in [0.4, 0.5) is 0 Å². The molecular weight excluding hydrogens is 252 g/mol. The monoisotopic (exact) mass is 278 g/mol. The van der Waals surface area contributed by atoms with Gasteiger partial charge < -0.3 is 14.8 Å². The first-order valence-electron chi connectivity index (χ1n) is 7.63. The van der Waals surface area contributed by atoms with Crippen LogP contribution < -0.4 is 10.1 Å². The van der Waals surface area contributed by atoms with E-state index in [0.29, 0.717) is 17.8 Å². The summed E-state index contributed by atoms with van der Waals surface area (Å²) in [6.45, 7) is 5.08. The number of hydrogen-bond acceptors (Lipinski definition) is 4. The molecule has 0 spiro atoms. The topological polar surface area (TPSA) is 43.4 Å². The normalized spacial score (nSPS) is 17.9. The fourth-order valence-corrected chi connectivity index (χ4v) is 2.76. The Labute approximate surface area is 121 Å². The third-order valence-corrected chi connectivity index (χ3v) is 3.95. The van der Waals surface area contributed by atoms with E-state index in [9.17, 15) is 0 Å². The van der Waals surface area contributed by atoms with Crippen LogP contribution in [0.15, 0.2) is 18.3 Å². The minimum absolute atomic E-state index is 0.522. The van der Waals surface area contributed by atoms with Crippen LogP contribution in [-0.4, -0.2) is 37.9 Å². The molecule has 1 aromatic heterocycles. The molecule has 2 heterocycles. The molecule has 112 valence electrons. The van der Waals surface area contributed by atoms with Crippen LogP contribution >= 0.6 is 0 Å². The van der Waals surface area contributed by atoms with Gasteiger partial charge in [0.25, 0.3) is 0 Å². The molecule has 0 aromatic carbocycles. The fraction of sp³-hybridized carbons (Fsp3) is 0.688. The minimum atomic E-state index is 0.522. The van der Waals surface area contributed by atoms with Gasteiger partial charge >= 0.3 is 0 Å². The Hall–Kier alpha value is -1.13. The van der Waals surface area contributed by atoms with Gasteiger partial charge in [-0.05, 0) is 43.7 Å². The molecule has 2 rings (SSSR count). The molecule has 1 aliphatic heterocycles. The summed E-state index contributed by atoms with van der Waals surface area (Å²) in [5.41, 5.74) is 1.27. The molecule has 1 fully saturated rings. The van der Waals surface area contributed by atoms with Crippen LogP contribution in [0.2, 0.25) is 0 Å². The summed E-state index contributed by atoms with van der Waals surface area (Å²) in [7, 11) is 1.65. The first kappa shape index (κ1) is 15.3. The molecule has 20 heavy (non-hydrogen) atoms. The predicted octanol–water partition coefficient (Wildman–Crippen LogP) is 2.43. The quantitative estimate of drug-likeness (QED) is 0.832. The van der Waals surface area contributed by atoms with E-state index in [0.717, 1.165) is 39.0 Å². The zero-order valence-electron chi connectivity index (χ0n) is 12.6. The Balaban J connectivity index is 1.97. The molecule has 1 aromatic rings. The van der Waals surface area contributed by atoms with Crippen molar-refractivity contribution in [3.8, 4) is 5.88 Å². The van der Waals surface area contributed by atoms with E-state index >= 15 is 0 Å². The number of methoxy groups -OCH3 is 1. The largest absolute Gasteiger partial charge is 0.481 e. The standard InChI is InChI=1S/C16H26N2O2/c1-3-8-17-15(14-6-9-20-10-7-14)11-13-4-5-16(19-2)18-12-13/h4-5,12,14-15,17H,3,6-11H2,1-2H3. The van der Waals surface area contributed by atoms with Crippen molar-refractivity contribution in [3.63, 3.8) is 0 Å². The maximum Gasteiger partial charge on any atom is 0.212 e. The Morgan fingerprint density at radius 2 is 2.20 bits per heavy atom. The van der Waals surface area contributed by atoms with Crippen molar-refractivity contribution in [1.29, 1.82) is 0 Å². The molecule has 4 nitrogen and oxygen atoms in total. The zero-order chi connectivity index (χ0) is 14.2. The Bertz CT molecular complexity index is 375. The lowest BCUT2D eigenvalue weighted by Crippen LogP contribution is -2.41. The van der Waals surface area contributed by atoms with Crippen molar-refractivity contribution in [2.45, 2.75) is 38.6 Å². The van der Waals surface area contributed by atoms with Crippen LogP contribution in [0.25, 0.3) is 0 Å². The lowest BCUT2D eigenvalue weighted by molar-refractivity contribution is 0.0537. The van der Waals surface area contributed by atoms with Gasteiger partial charge in [0.1, 0.15) is 0 Å². The van der Waals surface area contributed by atoms with Crippen molar-refractivity contribution < 1.29 is 9.47 Å². The van der Waals surface area contributed by atoms with E-state index < -0.39 is 0 Å². The van der Waals surface area contributed by atoms with Gasteiger partial charge in [0.15, 0.2) is 0 Å². The summed E-state index contributed by atoms with van der Waals surface area (Å²) in [5.74, 6) is 1.38. The maximum absolute atomic E-state index is 5.48. The van der Waals surface area contributed by atoms with Crippen molar-refractivity contribution >= 4 is 0 Å². The van der Waals surface area contributed by atoms with Crippen LogP contribution in [-0.2, 0) is 11.2 Å². The number of hydrogen-bond donors (Lipinski definition) is 1. The second kappa shape index (κ2) is 8.22. The van der Waals surface area contributed by atoms with E-state index in [4.69, 9.17) is 9.47 Å². The van der Waals surface area contributed by atoms with Gasteiger partial charge in [-0.15, -0.1) is 0 Å². The fourth-order valence-electron chi connectivity index (χ4n) is 2.76. The number of nitrogens with one attached hydrogen (secondary N) is 1. The molecule has 0 radical (unpaired) electrons. The average molecular weight is 278 g/mol. The molecule has 1 unspecified atom stereocenters. The molecule has 0 saturated carbocycles. The Kier molecular flexibility index (Phi) is 6.27. The average Bonchev–Trinajstić information content (AvgIpc) is 2.53. The van der Waals surface area contributed by atoms with E-state index in [-0.39, 0.29) is 0 Å². The second-order valence-corrected chi connectivity index (χ2v) is 5.42. The molecule has 0 aliphatic carbocycles. The van der Waals surface area contributed by atoms with Crippen molar-refractivity contribution in [2.75, 3.05) is 26.9 Å². The third kappa shape index (κ3) is 4.46. The predicted molar refractivity (Wildman–Crippen MR) is 80.1 cm³/mol. The molecule has 0 bridgehead atoms. The Morgan fingerprint density at radius 1 is 1.40 bits per heavy atom. The van der Waals surface area contributed by atoms with Crippen molar-refractivity contribution in [1.82, 2.24) is 10.3 Å². The summed E-state index contributed by atoms with van der Waals surface area (Å²) in [6, 6.07) is 4.58. The van der Waals surface area contributed by atoms with Crippen molar-refractivity contribution in [3.05, 3.63) is 23.9 Å². The lowest BCUT2D eigenvalue weighted by Gasteiger charge is -2.31. The van der Waals surface area contributed by atoms with Crippen LogP contribution in [0.5, 0.6) is 5.88 Å². The first-order chi connectivity index (χ1) is 9.83. The van der Waals surface area contributed by atoms with E-state index in [2.05, 4.69) is 23.3 Å². The molecule has 1 N–H and O–H groups in total. The summed E-state index contributed by atoms with van der Waals surface area (Å²) in [5, 5.41) is 3.70. The summed E-state index contributed by atoms with van der Waals surface area (Å²) >= 11 is 0. The highest BCUT2D eigenvalue weighted by atomic mass is 16.5. The first-order valence-corrected chi connectivity index (χ1v) is 7.63. The number of aromatic nitrogens is 1. The highest BCUT2D eigenvalue weighted by molar-refractivity contribution is 5.18. The van der Waals surface area contributed by atoms with Gasteiger partial charge in [-0.2, -0.15) is 0 Å². The van der Waals surface area contributed by atoms with Crippen LogP contribution in [0.1, 0.15) is 31.7 Å². The SMILES string of the molecule is CCCNC(Cc1ccc(OC)nc1)C1CCOCC1. The molecule has 1 atom stereocenters. The number of rotatable bonds is 7. The lowest BCUT2D eigenvalue weighted by atomic mass is 9.88. The minimum Gasteiger partial charge on any atom is -0.481 e. The molecule has 1 aliphatic rings. The van der Waals surface area contributed by atoms with Gasteiger partial charge in [0, 0.05) is 31.5 Å². The van der Waals surface area contributed by atoms with Gasteiger partial charge in [-0.3, -0.25) is 0 Å². The number of ether oxygens (including phenoxy) is 2.